The molecule has 3 rings (SSSR count). The molecule has 0 amide bonds. The third-order valence-corrected chi connectivity index (χ3v) is 2.80. The van der Waals surface area contributed by atoms with Crippen LogP contribution in [-0.4, -0.2) is 25.8 Å². The Morgan fingerprint density at radius 3 is 2.90 bits per heavy atom. The summed E-state index contributed by atoms with van der Waals surface area (Å²) in [5, 5.41) is 13.3. The summed E-state index contributed by atoms with van der Waals surface area (Å²) in [4.78, 5) is 15.3. The van der Waals surface area contributed by atoms with Crippen LogP contribution >= 0.6 is 0 Å². The first-order chi connectivity index (χ1) is 9.63. The van der Waals surface area contributed by atoms with E-state index in [0.717, 1.165) is 5.69 Å². The fraction of sp³-hybridized carbons (Fsp3) is 0.0714. The zero-order valence-electron chi connectivity index (χ0n) is 10.6. The monoisotopic (exact) mass is 269 g/mol. The Labute approximate surface area is 114 Å². The van der Waals surface area contributed by atoms with Crippen LogP contribution in [0.1, 0.15) is 21.9 Å². The van der Waals surface area contributed by atoms with E-state index in [2.05, 4.69) is 10.1 Å². The number of fused-ring (bicyclic) bond motifs is 1. The molecule has 0 aliphatic heterocycles. The van der Waals surface area contributed by atoms with E-state index in [4.69, 9.17) is 9.52 Å². The Morgan fingerprint density at radius 2 is 2.20 bits per heavy atom. The minimum atomic E-state index is -1.02. The number of nitrogens with zero attached hydrogens (tertiary/aromatic N) is 3. The standard InChI is InChI=1S/C14H11N3O3/c1-17-8-7-9(16-17)5-6-12-15-13-10(14(18)19)3-2-4-11(13)20-12/h2-8H,1H3,(H,18,19)/b6-5+. The van der Waals surface area contributed by atoms with E-state index in [1.807, 2.05) is 19.3 Å². The molecule has 0 aliphatic rings. The van der Waals surface area contributed by atoms with E-state index in [-0.39, 0.29) is 5.56 Å². The van der Waals surface area contributed by atoms with Crippen molar-refractivity contribution in [1.82, 2.24) is 14.8 Å². The van der Waals surface area contributed by atoms with Gasteiger partial charge in [-0.2, -0.15) is 5.10 Å². The van der Waals surface area contributed by atoms with E-state index in [9.17, 15) is 4.79 Å². The molecule has 6 nitrogen and oxygen atoms in total. The SMILES string of the molecule is Cn1ccc(/C=C/c2nc3c(C(=O)O)cccc3o2)n1. The van der Waals surface area contributed by atoms with Crippen LogP contribution in [-0.2, 0) is 7.05 Å². The van der Waals surface area contributed by atoms with Crippen LogP contribution < -0.4 is 0 Å². The zero-order chi connectivity index (χ0) is 14.1. The van der Waals surface area contributed by atoms with E-state index in [0.29, 0.717) is 17.0 Å². The number of carboxylic acid groups (broad SMARTS) is 1. The number of aromatic carboxylic acids is 1. The van der Waals surface area contributed by atoms with Crippen molar-refractivity contribution in [3.05, 3.63) is 47.6 Å². The number of hydrogen-bond acceptors (Lipinski definition) is 4. The van der Waals surface area contributed by atoms with Crippen LogP contribution in [0, 0.1) is 0 Å². The summed E-state index contributed by atoms with van der Waals surface area (Å²) in [5.41, 5.74) is 1.70. The first-order valence-corrected chi connectivity index (χ1v) is 5.94. The number of hydrogen-bond donors (Lipinski definition) is 1. The van der Waals surface area contributed by atoms with Crippen LogP contribution in [0.4, 0.5) is 0 Å². The van der Waals surface area contributed by atoms with Gasteiger partial charge in [0.2, 0.25) is 5.89 Å². The zero-order valence-corrected chi connectivity index (χ0v) is 10.6. The number of carbonyl (C=O) groups is 1. The maximum absolute atomic E-state index is 11.1. The average molecular weight is 269 g/mol. The molecule has 0 aliphatic carbocycles. The minimum absolute atomic E-state index is 0.128. The topological polar surface area (TPSA) is 81.2 Å². The first-order valence-electron chi connectivity index (χ1n) is 5.94. The maximum Gasteiger partial charge on any atom is 0.338 e. The van der Waals surface area contributed by atoms with Crippen LogP contribution in [0.2, 0.25) is 0 Å². The lowest BCUT2D eigenvalue weighted by atomic mass is 10.2. The molecule has 100 valence electrons. The van der Waals surface area contributed by atoms with Gasteiger partial charge in [-0.1, -0.05) is 6.07 Å². The molecule has 0 saturated carbocycles. The molecule has 0 unspecified atom stereocenters. The summed E-state index contributed by atoms with van der Waals surface area (Å²) in [5.74, 6) is -0.677. The third-order valence-electron chi connectivity index (χ3n) is 2.80. The summed E-state index contributed by atoms with van der Waals surface area (Å²) >= 11 is 0. The second-order valence-electron chi connectivity index (χ2n) is 4.26. The molecular weight excluding hydrogens is 258 g/mol. The summed E-state index contributed by atoms with van der Waals surface area (Å²) in [7, 11) is 1.83. The lowest BCUT2D eigenvalue weighted by Gasteiger charge is -1.92. The van der Waals surface area contributed by atoms with E-state index >= 15 is 0 Å². The molecule has 0 atom stereocenters. The highest BCUT2D eigenvalue weighted by molar-refractivity contribution is 6.00. The van der Waals surface area contributed by atoms with Crippen molar-refractivity contribution in [1.29, 1.82) is 0 Å². The third kappa shape index (κ3) is 2.18. The molecule has 0 fully saturated rings. The van der Waals surface area contributed by atoms with Gasteiger partial charge in [0.25, 0.3) is 0 Å². The number of rotatable bonds is 3. The largest absolute Gasteiger partial charge is 0.478 e. The first kappa shape index (κ1) is 12.2. The molecule has 20 heavy (non-hydrogen) atoms. The number of benzene rings is 1. The fourth-order valence-corrected chi connectivity index (χ4v) is 1.89. The Morgan fingerprint density at radius 1 is 1.35 bits per heavy atom. The molecule has 0 radical (unpaired) electrons. The molecule has 0 spiro atoms. The van der Waals surface area contributed by atoms with Crippen molar-refractivity contribution >= 4 is 29.2 Å². The Hall–Kier alpha value is -2.89. The van der Waals surface area contributed by atoms with Crippen molar-refractivity contribution in [2.24, 2.45) is 7.05 Å². The Kier molecular flexibility index (Phi) is 2.83. The molecule has 2 aromatic heterocycles. The number of aromatic nitrogens is 3. The predicted molar refractivity (Wildman–Crippen MR) is 73.1 cm³/mol. The number of para-hydroxylation sites is 1. The summed E-state index contributed by atoms with van der Waals surface area (Å²) < 4.78 is 7.18. The lowest BCUT2D eigenvalue weighted by molar-refractivity contribution is 0.0699. The van der Waals surface area contributed by atoms with Gasteiger partial charge in [0, 0.05) is 19.3 Å². The Bertz CT molecular complexity index is 814. The second kappa shape index (κ2) is 4.65. The predicted octanol–water partition coefficient (Wildman–Crippen LogP) is 2.43. The van der Waals surface area contributed by atoms with Gasteiger partial charge in [0.05, 0.1) is 11.3 Å². The van der Waals surface area contributed by atoms with E-state index in [1.54, 1.807) is 29.0 Å². The molecular formula is C14H11N3O3. The van der Waals surface area contributed by atoms with Gasteiger partial charge in [-0.3, -0.25) is 4.68 Å². The Balaban J connectivity index is 1.99. The number of oxazole rings is 1. The molecule has 3 aromatic rings. The molecule has 0 saturated heterocycles. The van der Waals surface area contributed by atoms with E-state index in [1.165, 1.54) is 6.07 Å². The van der Waals surface area contributed by atoms with Gasteiger partial charge in [0.15, 0.2) is 5.58 Å². The van der Waals surface area contributed by atoms with Crippen molar-refractivity contribution in [2.45, 2.75) is 0 Å². The molecule has 0 bridgehead atoms. The number of carboxylic acids is 1. The minimum Gasteiger partial charge on any atom is -0.478 e. The van der Waals surface area contributed by atoms with Crippen LogP contribution in [0.15, 0.2) is 34.9 Å². The second-order valence-corrected chi connectivity index (χ2v) is 4.26. The van der Waals surface area contributed by atoms with Crippen molar-refractivity contribution < 1.29 is 14.3 Å². The van der Waals surface area contributed by atoms with Crippen LogP contribution in [0.5, 0.6) is 0 Å². The van der Waals surface area contributed by atoms with Gasteiger partial charge in [-0.25, -0.2) is 9.78 Å². The highest BCUT2D eigenvalue weighted by Crippen LogP contribution is 2.20. The number of aryl methyl sites for hydroxylation is 1. The van der Waals surface area contributed by atoms with Gasteiger partial charge in [-0.15, -0.1) is 0 Å². The van der Waals surface area contributed by atoms with Gasteiger partial charge in [-0.05, 0) is 24.3 Å². The van der Waals surface area contributed by atoms with E-state index < -0.39 is 5.97 Å². The maximum atomic E-state index is 11.1. The summed E-state index contributed by atoms with van der Waals surface area (Å²) in [6.45, 7) is 0. The fourth-order valence-electron chi connectivity index (χ4n) is 1.89. The summed E-state index contributed by atoms with van der Waals surface area (Å²) in [6, 6.07) is 6.66. The highest BCUT2D eigenvalue weighted by atomic mass is 16.4. The smallest absolute Gasteiger partial charge is 0.338 e. The molecule has 1 N–H and O–H groups in total. The summed E-state index contributed by atoms with van der Waals surface area (Å²) in [6.07, 6.45) is 5.24. The lowest BCUT2D eigenvalue weighted by Crippen LogP contribution is -1.96. The highest BCUT2D eigenvalue weighted by Gasteiger charge is 2.13. The average Bonchev–Trinajstić information content (AvgIpc) is 3.01. The van der Waals surface area contributed by atoms with Crippen molar-refractivity contribution in [2.75, 3.05) is 0 Å². The molecule has 2 heterocycles. The van der Waals surface area contributed by atoms with Crippen LogP contribution in [0.25, 0.3) is 23.3 Å². The van der Waals surface area contributed by atoms with Crippen molar-refractivity contribution in [3.8, 4) is 0 Å². The van der Waals surface area contributed by atoms with Gasteiger partial charge < -0.3 is 9.52 Å². The quantitative estimate of drug-likeness (QED) is 0.789. The van der Waals surface area contributed by atoms with Crippen molar-refractivity contribution in [3.63, 3.8) is 0 Å². The van der Waals surface area contributed by atoms with Gasteiger partial charge in [0.1, 0.15) is 5.52 Å². The molecule has 6 heteroatoms. The molecule has 1 aromatic carbocycles. The normalized spacial score (nSPS) is 11.4. The van der Waals surface area contributed by atoms with Gasteiger partial charge >= 0.3 is 5.97 Å². The van der Waals surface area contributed by atoms with Crippen LogP contribution in [0.3, 0.4) is 0 Å².